The second-order valence-corrected chi connectivity index (χ2v) is 6.13. The number of carbonyl (C=O) groups excluding carboxylic acids is 1. The highest BCUT2D eigenvalue weighted by atomic mass is 16.6. The predicted molar refractivity (Wildman–Crippen MR) is 98.9 cm³/mol. The third-order valence-corrected chi connectivity index (χ3v) is 4.30. The van der Waals surface area contributed by atoms with Gasteiger partial charge in [0, 0.05) is 43.1 Å². The van der Waals surface area contributed by atoms with Crippen LogP contribution in [0.15, 0.2) is 42.7 Å². The summed E-state index contributed by atoms with van der Waals surface area (Å²) < 4.78 is 13.0. The van der Waals surface area contributed by atoms with Crippen LogP contribution in [0.25, 0.3) is 11.0 Å². The van der Waals surface area contributed by atoms with Gasteiger partial charge in [0.2, 0.25) is 0 Å². The Morgan fingerprint density at radius 3 is 2.96 bits per heavy atom. The minimum absolute atomic E-state index is 0.250. The van der Waals surface area contributed by atoms with Crippen LogP contribution < -0.4 is 20.1 Å². The molecule has 2 N–H and O–H groups in total. The Morgan fingerprint density at radius 2 is 2.08 bits per heavy atom. The zero-order valence-electron chi connectivity index (χ0n) is 14.5. The number of hydrogen-bond acceptors (Lipinski definition) is 4. The molecule has 0 unspecified atom stereocenters. The molecule has 0 saturated carbocycles. The molecule has 4 rings (SSSR count). The van der Waals surface area contributed by atoms with Crippen molar-refractivity contribution in [1.82, 2.24) is 14.9 Å². The molecule has 1 aliphatic rings. The van der Waals surface area contributed by atoms with Gasteiger partial charge in [-0.05, 0) is 36.2 Å². The minimum atomic E-state index is -0.250. The van der Waals surface area contributed by atoms with Crippen LogP contribution in [0.1, 0.15) is 5.56 Å². The number of hydrogen-bond donors (Lipinski definition) is 2. The molecule has 1 aromatic carbocycles. The number of aryl methyl sites for hydroxylation is 1. The second-order valence-electron chi connectivity index (χ2n) is 6.13. The first-order valence-electron chi connectivity index (χ1n) is 8.54. The number of carbonyl (C=O) groups is 1. The monoisotopic (exact) mass is 352 g/mol. The van der Waals surface area contributed by atoms with Gasteiger partial charge in [0.05, 0.1) is 0 Å². The van der Waals surface area contributed by atoms with Gasteiger partial charge in [0.15, 0.2) is 11.5 Å². The maximum absolute atomic E-state index is 12.1. The van der Waals surface area contributed by atoms with E-state index in [-0.39, 0.29) is 6.03 Å². The third kappa shape index (κ3) is 3.28. The van der Waals surface area contributed by atoms with Crippen molar-refractivity contribution in [1.29, 1.82) is 0 Å². The van der Waals surface area contributed by atoms with E-state index in [2.05, 4.69) is 21.8 Å². The molecule has 134 valence electrons. The largest absolute Gasteiger partial charge is 0.486 e. The summed E-state index contributed by atoms with van der Waals surface area (Å²) in [6, 6.07) is 9.09. The van der Waals surface area contributed by atoms with Gasteiger partial charge in [-0.25, -0.2) is 9.78 Å². The molecule has 3 aromatic rings. The molecule has 7 nitrogen and oxygen atoms in total. The van der Waals surface area contributed by atoms with E-state index < -0.39 is 0 Å². The van der Waals surface area contributed by atoms with Crippen molar-refractivity contribution < 1.29 is 14.3 Å². The van der Waals surface area contributed by atoms with E-state index in [4.69, 9.17) is 9.47 Å². The number of nitrogens with zero attached hydrogens (tertiary/aromatic N) is 2. The Balaban J connectivity index is 1.34. The highest BCUT2D eigenvalue weighted by Gasteiger charge is 2.13. The van der Waals surface area contributed by atoms with E-state index in [1.807, 2.05) is 23.7 Å². The fourth-order valence-corrected chi connectivity index (χ4v) is 3.10. The molecule has 0 aliphatic carbocycles. The molecule has 0 spiro atoms. The van der Waals surface area contributed by atoms with Gasteiger partial charge >= 0.3 is 6.03 Å². The predicted octanol–water partition coefficient (Wildman–Crippen LogP) is 2.71. The van der Waals surface area contributed by atoms with Gasteiger partial charge in [-0.3, -0.25) is 0 Å². The summed E-state index contributed by atoms with van der Waals surface area (Å²) in [4.78, 5) is 16.5. The summed E-state index contributed by atoms with van der Waals surface area (Å²) in [5, 5.41) is 6.81. The molecule has 0 radical (unpaired) electrons. The fraction of sp³-hybridized carbons (Fsp3) is 0.263. The maximum Gasteiger partial charge on any atom is 0.319 e. The summed E-state index contributed by atoms with van der Waals surface area (Å²) in [6.07, 6.45) is 4.57. The molecule has 0 bridgehead atoms. The molecular weight excluding hydrogens is 332 g/mol. The van der Waals surface area contributed by atoms with Crippen LogP contribution in [0, 0.1) is 0 Å². The van der Waals surface area contributed by atoms with Gasteiger partial charge in [0.25, 0.3) is 0 Å². The lowest BCUT2D eigenvalue weighted by atomic mass is 10.1. The van der Waals surface area contributed by atoms with Crippen molar-refractivity contribution >= 4 is 22.8 Å². The van der Waals surface area contributed by atoms with Crippen LogP contribution in [0.3, 0.4) is 0 Å². The lowest BCUT2D eigenvalue weighted by Crippen LogP contribution is -2.30. The van der Waals surface area contributed by atoms with E-state index in [1.165, 1.54) is 0 Å². The Kier molecular flexibility index (Phi) is 4.35. The number of benzene rings is 1. The van der Waals surface area contributed by atoms with E-state index in [9.17, 15) is 4.79 Å². The summed E-state index contributed by atoms with van der Waals surface area (Å²) in [6.45, 7) is 1.59. The van der Waals surface area contributed by atoms with Crippen LogP contribution in [-0.4, -0.2) is 35.3 Å². The smallest absolute Gasteiger partial charge is 0.319 e. The molecule has 1 aliphatic heterocycles. The SMILES string of the molecule is Cn1cc(CCNC(=O)Nc2ccc3c(c2)OCCO3)c2cccnc21. The molecule has 26 heavy (non-hydrogen) atoms. The number of urea groups is 1. The second kappa shape index (κ2) is 6.95. The van der Waals surface area contributed by atoms with Crippen LogP contribution >= 0.6 is 0 Å². The summed E-state index contributed by atoms with van der Waals surface area (Å²) >= 11 is 0. The Bertz CT molecular complexity index is 951. The zero-order valence-corrected chi connectivity index (χ0v) is 14.5. The number of nitrogens with one attached hydrogen (secondary N) is 2. The number of aromatic nitrogens is 2. The standard InChI is InChI=1S/C19H20N4O3/c1-23-12-13(15-3-2-7-20-18(15)23)6-8-21-19(24)22-14-4-5-16-17(11-14)26-10-9-25-16/h2-5,7,11-12H,6,8-10H2,1H3,(H2,21,22,24). The average Bonchev–Trinajstić information content (AvgIpc) is 2.98. The first-order chi connectivity index (χ1) is 12.7. The molecule has 3 heterocycles. The van der Waals surface area contributed by atoms with Gasteiger partial charge in [-0.15, -0.1) is 0 Å². The van der Waals surface area contributed by atoms with E-state index in [0.29, 0.717) is 36.9 Å². The van der Waals surface area contributed by atoms with E-state index >= 15 is 0 Å². The molecule has 0 atom stereocenters. The van der Waals surface area contributed by atoms with Crippen LogP contribution in [-0.2, 0) is 13.5 Å². The fourth-order valence-electron chi connectivity index (χ4n) is 3.10. The zero-order chi connectivity index (χ0) is 17.9. The summed E-state index contributed by atoms with van der Waals surface area (Å²) in [5.74, 6) is 1.35. The number of pyridine rings is 1. The van der Waals surface area contributed by atoms with Crippen molar-refractivity contribution in [3.05, 3.63) is 48.3 Å². The number of amides is 2. The number of rotatable bonds is 4. The molecule has 2 amide bonds. The third-order valence-electron chi connectivity index (χ3n) is 4.30. The number of ether oxygens (including phenoxy) is 2. The molecule has 2 aromatic heterocycles. The van der Waals surface area contributed by atoms with Gasteiger partial charge in [-0.1, -0.05) is 0 Å². The first-order valence-corrected chi connectivity index (χ1v) is 8.54. The maximum atomic E-state index is 12.1. The Labute approximate surface area is 150 Å². The Hall–Kier alpha value is -3.22. The molecular formula is C19H20N4O3. The first kappa shape index (κ1) is 16.3. The number of anilines is 1. The lowest BCUT2D eigenvalue weighted by Gasteiger charge is -2.19. The minimum Gasteiger partial charge on any atom is -0.486 e. The topological polar surface area (TPSA) is 77.4 Å². The van der Waals surface area contributed by atoms with Crippen molar-refractivity contribution in [3.63, 3.8) is 0 Å². The molecule has 7 heteroatoms. The quantitative estimate of drug-likeness (QED) is 0.757. The molecule has 0 fully saturated rings. The van der Waals surface area contributed by atoms with Crippen LogP contribution in [0.5, 0.6) is 11.5 Å². The van der Waals surface area contributed by atoms with Crippen molar-refractivity contribution in [2.24, 2.45) is 7.05 Å². The van der Waals surface area contributed by atoms with Gasteiger partial charge < -0.3 is 24.7 Å². The van der Waals surface area contributed by atoms with Gasteiger partial charge in [-0.2, -0.15) is 0 Å². The molecule has 0 saturated heterocycles. The summed E-state index contributed by atoms with van der Waals surface area (Å²) in [5.41, 5.74) is 2.78. The normalized spacial score (nSPS) is 12.8. The number of fused-ring (bicyclic) bond motifs is 2. The van der Waals surface area contributed by atoms with Crippen molar-refractivity contribution in [2.75, 3.05) is 25.1 Å². The Morgan fingerprint density at radius 1 is 1.23 bits per heavy atom. The average molecular weight is 352 g/mol. The van der Waals surface area contributed by atoms with E-state index in [0.717, 1.165) is 23.0 Å². The lowest BCUT2D eigenvalue weighted by molar-refractivity contribution is 0.171. The summed E-state index contributed by atoms with van der Waals surface area (Å²) in [7, 11) is 1.97. The van der Waals surface area contributed by atoms with Crippen molar-refractivity contribution in [2.45, 2.75) is 6.42 Å². The highest BCUT2D eigenvalue weighted by molar-refractivity contribution is 5.89. The van der Waals surface area contributed by atoms with Crippen LogP contribution in [0.4, 0.5) is 10.5 Å². The van der Waals surface area contributed by atoms with E-state index in [1.54, 1.807) is 24.4 Å². The van der Waals surface area contributed by atoms with Crippen molar-refractivity contribution in [3.8, 4) is 11.5 Å². The van der Waals surface area contributed by atoms with Crippen LogP contribution in [0.2, 0.25) is 0 Å². The van der Waals surface area contributed by atoms with Gasteiger partial charge in [0.1, 0.15) is 18.9 Å². The highest BCUT2D eigenvalue weighted by Crippen LogP contribution is 2.32.